The summed E-state index contributed by atoms with van der Waals surface area (Å²) >= 11 is 0. The van der Waals surface area contributed by atoms with Gasteiger partial charge in [-0.05, 0) is 18.6 Å². The van der Waals surface area contributed by atoms with Crippen LogP contribution in [0.15, 0.2) is 18.2 Å². The van der Waals surface area contributed by atoms with Crippen molar-refractivity contribution in [2.45, 2.75) is 19.6 Å². The first kappa shape index (κ1) is 12.7. The Morgan fingerprint density at radius 3 is 2.56 bits per heavy atom. The molecule has 2 N–H and O–H groups in total. The summed E-state index contributed by atoms with van der Waals surface area (Å²) in [5, 5.41) is 2.51. The van der Waals surface area contributed by atoms with Gasteiger partial charge in [0.25, 0.3) is 10.1 Å². The summed E-state index contributed by atoms with van der Waals surface area (Å²) in [6.45, 7) is 3.13. The standard InChI is InChI=1S/C10H13NO4S/c1-7-3-4-10(11-8(2)12)9(5-7)6-16(13,14)15/h3-5H,6H2,1-2H3,(H,11,12)(H,13,14,15). The van der Waals surface area contributed by atoms with Crippen LogP contribution in [0.1, 0.15) is 18.1 Å². The van der Waals surface area contributed by atoms with Crippen LogP contribution in [-0.2, 0) is 20.7 Å². The first-order valence-corrected chi connectivity index (χ1v) is 6.21. The van der Waals surface area contributed by atoms with Gasteiger partial charge in [0, 0.05) is 12.6 Å². The largest absolute Gasteiger partial charge is 0.326 e. The minimum atomic E-state index is -4.10. The number of carbonyl (C=O) groups is 1. The quantitative estimate of drug-likeness (QED) is 0.785. The van der Waals surface area contributed by atoms with Gasteiger partial charge in [-0.25, -0.2) is 0 Å². The minimum Gasteiger partial charge on any atom is -0.326 e. The Morgan fingerprint density at radius 1 is 1.44 bits per heavy atom. The van der Waals surface area contributed by atoms with Crippen molar-refractivity contribution in [3.63, 3.8) is 0 Å². The smallest absolute Gasteiger partial charge is 0.269 e. The maximum absolute atomic E-state index is 10.9. The highest BCUT2D eigenvalue weighted by Crippen LogP contribution is 2.19. The molecular weight excluding hydrogens is 230 g/mol. The average molecular weight is 243 g/mol. The van der Waals surface area contributed by atoms with Gasteiger partial charge in [-0.3, -0.25) is 9.35 Å². The molecule has 16 heavy (non-hydrogen) atoms. The van der Waals surface area contributed by atoms with Crippen LogP contribution in [0, 0.1) is 6.92 Å². The van der Waals surface area contributed by atoms with E-state index in [-0.39, 0.29) is 5.91 Å². The zero-order valence-electron chi connectivity index (χ0n) is 9.02. The van der Waals surface area contributed by atoms with Gasteiger partial charge in [0.05, 0.1) is 0 Å². The van der Waals surface area contributed by atoms with Gasteiger partial charge in [0.15, 0.2) is 0 Å². The maximum Gasteiger partial charge on any atom is 0.269 e. The van der Waals surface area contributed by atoms with Crippen molar-refractivity contribution in [1.29, 1.82) is 0 Å². The van der Waals surface area contributed by atoms with Crippen LogP contribution in [0.3, 0.4) is 0 Å². The molecule has 0 aliphatic rings. The van der Waals surface area contributed by atoms with Crippen molar-refractivity contribution in [3.8, 4) is 0 Å². The maximum atomic E-state index is 10.9. The van der Waals surface area contributed by atoms with Crippen LogP contribution in [0.25, 0.3) is 0 Å². The van der Waals surface area contributed by atoms with E-state index in [2.05, 4.69) is 5.32 Å². The van der Waals surface area contributed by atoms with E-state index in [1.54, 1.807) is 25.1 Å². The molecule has 0 aliphatic carbocycles. The topological polar surface area (TPSA) is 83.5 Å². The molecule has 0 saturated carbocycles. The summed E-state index contributed by atoms with van der Waals surface area (Å²) in [5.41, 5.74) is 1.63. The Bertz CT molecular complexity index is 508. The molecule has 1 rings (SSSR count). The molecule has 0 aliphatic heterocycles. The molecule has 1 aromatic carbocycles. The third kappa shape index (κ3) is 4.00. The molecule has 5 nitrogen and oxygen atoms in total. The first-order valence-electron chi connectivity index (χ1n) is 4.60. The number of hydrogen-bond donors (Lipinski definition) is 2. The lowest BCUT2D eigenvalue weighted by molar-refractivity contribution is -0.114. The zero-order valence-corrected chi connectivity index (χ0v) is 9.84. The van der Waals surface area contributed by atoms with Crippen LogP contribution in [0.4, 0.5) is 5.69 Å². The van der Waals surface area contributed by atoms with Gasteiger partial charge < -0.3 is 5.32 Å². The molecule has 0 fully saturated rings. The van der Waals surface area contributed by atoms with Crippen molar-refractivity contribution in [2.75, 3.05) is 5.32 Å². The molecule has 0 radical (unpaired) electrons. The lowest BCUT2D eigenvalue weighted by Crippen LogP contribution is -2.10. The number of carbonyl (C=O) groups excluding carboxylic acids is 1. The molecule has 0 aromatic heterocycles. The number of anilines is 1. The van der Waals surface area contributed by atoms with Crippen molar-refractivity contribution < 1.29 is 17.8 Å². The number of benzene rings is 1. The third-order valence-corrected chi connectivity index (χ3v) is 2.59. The van der Waals surface area contributed by atoms with Gasteiger partial charge in [0.2, 0.25) is 5.91 Å². The highest BCUT2D eigenvalue weighted by molar-refractivity contribution is 7.85. The second-order valence-electron chi connectivity index (χ2n) is 3.57. The van der Waals surface area contributed by atoms with Crippen molar-refractivity contribution in [3.05, 3.63) is 29.3 Å². The van der Waals surface area contributed by atoms with Crippen LogP contribution in [0.5, 0.6) is 0 Å². The summed E-state index contributed by atoms with van der Waals surface area (Å²) in [6.07, 6.45) is 0. The van der Waals surface area contributed by atoms with Gasteiger partial charge in [-0.1, -0.05) is 17.7 Å². The number of rotatable bonds is 3. The summed E-state index contributed by atoms with van der Waals surface area (Å²) in [4.78, 5) is 10.9. The van der Waals surface area contributed by atoms with Gasteiger partial charge in [-0.15, -0.1) is 0 Å². The van der Waals surface area contributed by atoms with E-state index in [4.69, 9.17) is 4.55 Å². The fourth-order valence-corrected chi connectivity index (χ4v) is 1.98. The second-order valence-corrected chi connectivity index (χ2v) is 5.02. The molecule has 1 amide bonds. The molecule has 0 bridgehead atoms. The summed E-state index contributed by atoms with van der Waals surface area (Å²) in [7, 11) is -4.10. The Kier molecular flexibility index (Phi) is 3.66. The van der Waals surface area contributed by atoms with Gasteiger partial charge in [-0.2, -0.15) is 8.42 Å². The fourth-order valence-electron chi connectivity index (χ4n) is 1.35. The Morgan fingerprint density at radius 2 is 2.06 bits per heavy atom. The normalized spacial score (nSPS) is 11.2. The van der Waals surface area contributed by atoms with E-state index in [9.17, 15) is 13.2 Å². The van der Waals surface area contributed by atoms with E-state index in [0.717, 1.165) is 5.56 Å². The van der Waals surface area contributed by atoms with Crippen LogP contribution in [0.2, 0.25) is 0 Å². The Balaban J connectivity index is 3.13. The van der Waals surface area contributed by atoms with Gasteiger partial charge in [0.1, 0.15) is 5.75 Å². The molecule has 0 heterocycles. The fraction of sp³-hybridized carbons (Fsp3) is 0.300. The van der Waals surface area contributed by atoms with E-state index < -0.39 is 15.9 Å². The lowest BCUT2D eigenvalue weighted by atomic mass is 10.1. The molecule has 1 aromatic rings. The molecule has 0 atom stereocenters. The van der Waals surface area contributed by atoms with Crippen molar-refractivity contribution in [1.82, 2.24) is 0 Å². The minimum absolute atomic E-state index is 0.291. The third-order valence-electron chi connectivity index (χ3n) is 1.91. The number of nitrogens with one attached hydrogen (secondary N) is 1. The SMILES string of the molecule is CC(=O)Nc1ccc(C)cc1CS(=O)(=O)O. The summed E-state index contributed by atoms with van der Waals surface area (Å²) in [5.74, 6) is -0.801. The number of hydrogen-bond acceptors (Lipinski definition) is 3. The zero-order chi connectivity index (χ0) is 12.3. The Labute approximate surface area is 94.2 Å². The number of aryl methyl sites for hydroxylation is 1. The molecule has 6 heteroatoms. The second kappa shape index (κ2) is 4.63. The highest BCUT2D eigenvalue weighted by Gasteiger charge is 2.11. The summed E-state index contributed by atoms with van der Waals surface area (Å²) in [6, 6.07) is 4.97. The van der Waals surface area contributed by atoms with E-state index >= 15 is 0 Å². The van der Waals surface area contributed by atoms with Crippen LogP contribution in [-0.4, -0.2) is 18.9 Å². The lowest BCUT2D eigenvalue weighted by Gasteiger charge is -2.09. The highest BCUT2D eigenvalue weighted by atomic mass is 32.2. The predicted octanol–water partition coefficient (Wildman–Crippen LogP) is 1.34. The molecule has 0 spiro atoms. The van der Waals surface area contributed by atoms with E-state index in [1.165, 1.54) is 6.92 Å². The Hall–Kier alpha value is -1.40. The summed E-state index contributed by atoms with van der Waals surface area (Å²) < 4.78 is 30.4. The van der Waals surface area contributed by atoms with E-state index in [1.807, 2.05) is 0 Å². The van der Waals surface area contributed by atoms with Crippen LogP contribution < -0.4 is 5.32 Å². The first-order chi connectivity index (χ1) is 7.28. The molecular formula is C10H13NO4S. The van der Waals surface area contributed by atoms with E-state index in [0.29, 0.717) is 11.3 Å². The molecule has 0 saturated heterocycles. The van der Waals surface area contributed by atoms with Crippen molar-refractivity contribution >= 4 is 21.7 Å². The predicted molar refractivity (Wildman–Crippen MR) is 60.7 cm³/mol. The monoisotopic (exact) mass is 243 g/mol. The number of amides is 1. The van der Waals surface area contributed by atoms with Crippen LogP contribution >= 0.6 is 0 Å². The van der Waals surface area contributed by atoms with Gasteiger partial charge >= 0.3 is 0 Å². The average Bonchev–Trinajstić information content (AvgIpc) is 2.06. The van der Waals surface area contributed by atoms with Crippen molar-refractivity contribution in [2.24, 2.45) is 0 Å². The molecule has 0 unspecified atom stereocenters. The molecule has 88 valence electrons.